The molecule has 0 bridgehead atoms. The maximum atomic E-state index is 5.83. The van der Waals surface area contributed by atoms with Crippen LogP contribution in [0.1, 0.15) is 38.3 Å². The van der Waals surface area contributed by atoms with Gasteiger partial charge in [0.15, 0.2) is 0 Å². The van der Waals surface area contributed by atoms with Crippen molar-refractivity contribution in [2.45, 2.75) is 38.8 Å². The normalized spacial score (nSPS) is 24.4. The SMILES string of the molecule is CCNC(c1cncc(OC)c1)C1CCOC1CC. The van der Waals surface area contributed by atoms with E-state index in [1.807, 2.05) is 6.20 Å². The van der Waals surface area contributed by atoms with Crippen molar-refractivity contribution in [1.82, 2.24) is 10.3 Å². The molecule has 2 rings (SSSR count). The van der Waals surface area contributed by atoms with E-state index in [4.69, 9.17) is 9.47 Å². The summed E-state index contributed by atoms with van der Waals surface area (Å²) in [5.74, 6) is 1.33. The van der Waals surface area contributed by atoms with Gasteiger partial charge in [0.05, 0.1) is 19.4 Å². The van der Waals surface area contributed by atoms with E-state index in [1.165, 1.54) is 5.56 Å². The highest BCUT2D eigenvalue weighted by Crippen LogP contribution is 2.35. The number of rotatable bonds is 6. The van der Waals surface area contributed by atoms with Crippen molar-refractivity contribution in [3.8, 4) is 5.75 Å². The predicted octanol–water partition coefficient (Wildman–Crippen LogP) is 2.56. The minimum atomic E-state index is 0.292. The first kappa shape index (κ1) is 14.3. The van der Waals surface area contributed by atoms with Gasteiger partial charge >= 0.3 is 0 Å². The van der Waals surface area contributed by atoms with Crippen LogP contribution in [0.5, 0.6) is 5.75 Å². The van der Waals surface area contributed by atoms with Gasteiger partial charge in [-0.3, -0.25) is 4.98 Å². The van der Waals surface area contributed by atoms with Gasteiger partial charge in [0.25, 0.3) is 0 Å². The fraction of sp³-hybridized carbons (Fsp3) is 0.667. The lowest BCUT2D eigenvalue weighted by Gasteiger charge is -2.28. The van der Waals surface area contributed by atoms with E-state index in [0.717, 1.165) is 31.7 Å². The van der Waals surface area contributed by atoms with Gasteiger partial charge in [-0.05, 0) is 31.0 Å². The standard InChI is InChI=1S/C15H24N2O2/c1-4-14-13(6-7-19-14)15(17-5-2)11-8-12(18-3)10-16-9-11/h8-10,13-15,17H,4-7H2,1-3H3. The maximum absolute atomic E-state index is 5.83. The Bertz CT molecular complexity index is 397. The molecule has 19 heavy (non-hydrogen) atoms. The number of hydrogen-bond acceptors (Lipinski definition) is 4. The zero-order valence-electron chi connectivity index (χ0n) is 12.1. The van der Waals surface area contributed by atoms with Crippen molar-refractivity contribution < 1.29 is 9.47 Å². The molecule has 0 saturated carbocycles. The lowest BCUT2D eigenvalue weighted by Crippen LogP contribution is -2.32. The average Bonchev–Trinajstić information content (AvgIpc) is 2.93. The van der Waals surface area contributed by atoms with Crippen LogP contribution in [-0.4, -0.2) is 31.3 Å². The van der Waals surface area contributed by atoms with Crippen molar-refractivity contribution in [3.63, 3.8) is 0 Å². The fourth-order valence-corrected chi connectivity index (χ4v) is 2.92. The summed E-state index contributed by atoms with van der Waals surface area (Å²) in [5, 5.41) is 3.58. The number of aromatic nitrogens is 1. The Balaban J connectivity index is 2.23. The molecule has 2 heterocycles. The number of ether oxygens (including phenoxy) is 2. The molecule has 1 saturated heterocycles. The molecular formula is C15H24N2O2. The number of nitrogens with zero attached hydrogens (tertiary/aromatic N) is 1. The van der Waals surface area contributed by atoms with E-state index >= 15 is 0 Å². The molecular weight excluding hydrogens is 240 g/mol. The van der Waals surface area contributed by atoms with E-state index in [-0.39, 0.29) is 0 Å². The molecule has 0 spiro atoms. The third-order valence-electron chi connectivity index (χ3n) is 3.84. The first-order chi connectivity index (χ1) is 9.30. The zero-order valence-corrected chi connectivity index (χ0v) is 12.1. The summed E-state index contributed by atoms with van der Waals surface area (Å²) in [4.78, 5) is 4.28. The van der Waals surface area contributed by atoms with Crippen LogP contribution in [-0.2, 0) is 4.74 Å². The van der Waals surface area contributed by atoms with Crippen LogP contribution in [0.25, 0.3) is 0 Å². The minimum Gasteiger partial charge on any atom is -0.495 e. The number of nitrogens with one attached hydrogen (secondary N) is 1. The summed E-state index contributed by atoms with van der Waals surface area (Å²) in [6.07, 6.45) is 6.18. The molecule has 1 aromatic rings. The van der Waals surface area contributed by atoms with Gasteiger partial charge < -0.3 is 14.8 Å². The third-order valence-corrected chi connectivity index (χ3v) is 3.84. The average molecular weight is 264 g/mol. The molecule has 0 radical (unpaired) electrons. The van der Waals surface area contributed by atoms with Crippen molar-refractivity contribution >= 4 is 0 Å². The van der Waals surface area contributed by atoms with Crippen molar-refractivity contribution in [2.24, 2.45) is 5.92 Å². The van der Waals surface area contributed by atoms with Gasteiger partial charge in [-0.25, -0.2) is 0 Å². The topological polar surface area (TPSA) is 43.4 Å². The molecule has 1 N–H and O–H groups in total. The van der Waals surface area contributed by atoms with Gasteiger partial charge in [-0.2, -0.15) is 0 Å². The largest absolute Gasteiger partial charge is 0.495 e. The Morgan fingerprint density at radius 2 is 2.32 bits per heavy atom. The van der Waals surface area contributed by atoms with E-state index in [9.17, 15) is 0 Å². The van der Waals surface area contributed by atoms with Gasteiger partial charge in [0, 0.05) is 24.8 Å². The van der Waals surface area contributed by atoms with Crippen LogP contribution < -0.4 is 10.1 Å². The Morgan fingerprint density at radius 1 is 1.47 bits per heavy atom. The van der Waals surface area contributed by atoms with Crippen molar-refractivity contribution in [2.75, 3.05) is 20.3 Å². The fourth-order valence-electron chi connectivity index (χ4n) is 2.92. The molecule has 0 amide bonds. The highest BCUT2D eigenvalue weighted by molar-refractivity contribution is 5.26. The number of hydrogen-bond donors (Lipinski definition) is 1. The van der Waals surface area contributed by atoms with Gasteiger partial charge in [-0.15, -0.1) is 0 Å². The molecule has 106 valence electrons. The van der Waals surface area contributed by atoms with Crippen LogP contribution in [0.2, 0.25) is 0 Å². The summed E-state index contributed by atoms with van der Waals surface area (Å²) < 4.78 is 11.1. The van der Waals surface area contributed by atoms with Gasteiger partial charge in [0.1, 0.15) is 5.75 Å². The molecule has 1 aliphatic heterocycles. The van der Waals surface area contributed by atoms with Gasteiger partial charge in [-0.1, -0.05) is 13.8 Å². The maximum Gasteiger partial charge on any atom is 0.137 e. The Labute approximate surface area is 115 Å². The number of pyridine rings is 1. The molecule has 3 unspecified atom stereocenters. The highest BCUT2D eigenvalue weighted by Gasteiger charge is 2.34. The smallest absolute Gasteiger partial charge is 0.137 e. The summed E-state index contributed by atoms with van der Waals surface area (Å²) in [7, 11) is 1.68. The second-order valence-electron chi connectivity index (χ2n) is 4.96. The molecule has 1 aliphatic rings. The highest BCUT2D eigenvalue weighted by atomic mass is 16.5. The first-order valence-corrected chi connectivity index (χ1v) is 7.14. The minimum absolute atomic E-state index is 0.292. The Kier molecular flexibility index (Phi) is 5.16. The molecule has 0 aromatic carbocycles. The lowest BCUT2D eigenvalue weighted by molar-refractivity contribution is 0.0775. The molecule has 1 fully saturated rings. The van der Waals surface area contributed by atoms with Crippen LogP contribution >= 0.6 is 0 Å². The van der Waals surface area contributed by atoms with E-state index in [2.05, 4.69) is 30.2 Å². The van der Waals surface area contributed by atoms with E-state index in [1.54, 1.807) is 13.3 Å². The van der Waals surface area contributed by atoms with Crippen molar-refractivity contribution in [1.29, 1.82) is 0 Å². The molecule has 1 aromatic heterocycles. The predicted molar refractivity (Wildman–Crippen MR) is 75.3 cm³/mol. The quantitative estimate of drug-likeness (QED) is 0.857. The summed E-state index contributed by atoms with van der Waals surface area (Å²) in [5.41, 5.74) is 1.19. The summed E-state index contributed by atoms with van der Waals surface area (Å²) in [6, 6.07) is 2.37. The third kappa shape index (κ3) is 3.25. The van der Waals surface area contributed by atoms with E-state index in [0.29, 0.717) is 18.1 Å². The summed E-state index contributed by atoms with van der Waals surface area (Å²) >= 11 is 0. The summed E-state index contributed by atoms with van der Waals surface area (Å²) in [6.45, 7) is 6.13. The Hall–Kier alpha value is -1.13. The number of methoxy groups -OCH3 is 1. The van der Waals surface area contributed by atoms with Crippen LogP contribution in [0, 0.1) is 5.92 Å². The second-order valence-corrected chi connectivity index (χ2v) is 4.96. The Morgan fingerprint density at radius 3 is 3.00 bits per heavy atom. The van der Waals surface area contributed by atoms with Crippen LogP contribution in [0.4, 0.5) is 0 Å². The van der Waals surface area contributed by atoms with Crippen LogP contribution in [0.3, 0.4) is 0 Å². The monoisotopic (exact) mass is 264 g/mol. The lowest BCUT2D eigenvalue weighted by atomic mass is 9.87. The molecule has 0 aliphatic carbocycles. The zero-order chi connectivity index (χ0) is 13.7. The van der Waals surface area contributed by atoms with E-state index < -0.39 is 0 Å². The molecule has 4 heteroatoms. The molecule has 3 atom stereocenters. The molecule has 4 nitrogen and oxygen atoms in total. The second kappa shape index (κ2) is 6.87. The van der Waals surface area contributed by atoms with Crippen molar-refractivity contribution in [3.05, 3.63) is 24.0 Å². The van der Waals surface area contributed by atoms with Gasteiger partial charge in [0.2, 0.25) is 0 Å². The first-order valence-electron chi connectivity index (χ1n) is 7.14. The van der Waals surface area contributed by atoms with Crippen LogP contribution in [0.15, 0.2) is 18.5 Å².